The summed E-state index contributed by atoms with van der Waals surface area (Å²) in [4.78, 5) is 26.5. The largest absolute Gasteiger partial charge is 0.339 e. The number of fused-ring (bicyclic) bond motifs is 2. The number of amides is 1. The molecule has 0 saturated heterocycles. The van der Waals surface area contributed by atoms with Crippen LogP contribution < -0.4 is 5.32 Å². The number of carbonyl (C=O) groups is 1. The molecule has 3 heterocycles. The molecule has 4 rings (SSSR count). The van der Waals surface area contributed by atoms with Gasteiger partial charge in [0.05, 0.1) is 36.2 Å². The van der Waals surface area contributed by atoms with Gasteiger partial charge in [-0.15, -0.1) is 11.6 Å². The Balaban J connectivity index is 1.64. The smallest absolute Gasteiger partial charge is 0.238 e. The summed E-state index contributed by atoms with van der Waals surface area (Å²) in [5.74, 6) is 0.564. The first-order valence-corrected chi connectivity index (χ1v) is 8.06. The maximum atomic E-state index is 11.8. The summed E-state index contributed by atoms with van der Waals surface area (Å²) in [5, 5.41) is 4.34. The number of rotatable bonds is 3. The number of nitrogens with one attached hydrogen (secondary N) is 1. The van der Waals surface area contributed by atoms with Gasteiger partial charge in [0.25, 0.3) is 0 Å². The predicted molar refractivity (Wildman–Crippen MR) is 92.0 cm³/mol. The van der Waals surface area contributed by atoms with Crippen LogP contribution in [0.3, 0.4) is 0 Å². The van der Waals surface area contributed by atoms with Crippen LogP contribution in [-0.4, -0.2) is 31.6 Å². The SMILES string of the molecule is O=C(CCl)N1Cc2ncnc(Nc3cnc4ccccc4c3)c2C1. The molecule has 0 unspecified atom stereocenters. The Labute approximate surface area is 143 Å². The first-order chi connectivity index (χ1) is 11.7. The van der Waals surface area contributed by atoms with Crippen LogP contribution in [0.1, 0.15) is 11.3 Å². The molecule has 3 aromatic rings. The molecule has 1 aromatic carbocycles. The summed E-state index contributed by atoms with van der Waals surface area (Å²) in [6, 6.07) is 9.94. The van der Waals surface area contributed by atoms with Crippen LogP contribution in [0.15, 0.2) is 42.9 Å². The molecule has 0 saturated carbocycles. The average molecular weight is 340 g/mol. The zero-order valence-electron chi connectivity index (χ0n) is 12.7. The highest BCUT2D eigenvalue weighted by Gasteiger charge is 2.26. The number of aromatic nitrogens is 3. The number of anilines is 2. The van der Waals surface area contributed by atoms with Gasteiger partial charge in [-0.05, 0) is 12.1 Å². The second-order valence-corrected chi connectivity index (χ2v) is 5.84. The van der Waals surface area contributed by atoms with E-state index in [9.17, 15) is 4.79 Å². The number of para-hydroxylation sites is 1. The molecule has 0 fully saturated rings. The standard InChI is InChI=1S/C17H14ClN5O/c18-6-16(24)23-8-13-15(9-23)20-10-21-17(13)22-12-5-11-3-1-2-4-14(11)19-7-12/h1-5,7,10H,6,8-9H2,(H,20,21,22). The number of halogens is 1. The minimum Gasteiger partial charge on any atom is -0.339 e. The Kier molecular flexibility index (Phi) is 3.74. The van der Waals surface area contributed by atoms with Crippen molar-refractivity contribution in [2.45, 2.75) is 13.1 Å². The van der Waals surface area contributed by atoms with Crippen molar-refractivity contribution in [1.82, 2.24) is 19.9 Å². The highest BCUT2D eigenvalue weighted by Crippen LogP contribution is 2.28. The van der Waals surface area contributed by atoms with E-state index in [-0.39, 0.29) is 11.8 Å². The summed E-state index contributed by atoms with van der Waals surface area (Å²) < 4.78 is 0. The predicted octanol–water partition coefficient (Wildman–Crippen LogP) is 2.85. The van der Waals surface area contributed by atoms with Crippen LogP contribution >= 0.6 is 11.6 Å². The van der Waals surface area contributed by atoms with E-state index in [0.29, 0.717) is 18.9 Å². The van der Waals surface area contributed by atoms with Crippen molar-refractivity contribution in [3.63, 3.8) is 0 Å². The molecular formula is C17H14ClN5O. The van der Waals surface area contributed by atoms with E-state index in [1.54, 1.807) is 11.1 Å². The molecule has 7 heteroatoms. The van der Waals surface area contributed by atoms with Crippen LogP contribution in [0.5, 0.6) is 0 Å². The molecule has 0 aliphatic carbocycles. The van der Waals surface area contributed by atoms with Gasteiger partial charge in [0.15, 0.2) is 0 Å². The molecule has 24 heavy (non-hydrogen) atoms. The third-order valence-corrected chi connectivity index (χ3v) is 4.27. The van der Waals surface area contributed by atoms with Gasteiger partial charge in [-0.1, -0.05) is 18.2 Å². The monoisotopic (exact) mass is 339 g/mol. The molecule has 1 aliphatic rings. The van der Waals surface area contributed by atoms with Gasteiger partial charge in [-0.3, -0.25) is 9.78 Å². The van der Waals surface area contributed by atoms with E-state index >= 15 is 0 Å². The minimum absolute atomic E-state index is 0.0290. The highest BCUT2D eigenvalue weighted by molar-refractivity contribution is 6.27. The summed E-state index contributed by atoms with van der Waals surface area (Å²) >= 11 is 5.65. The highest BCUT2D eigenvalue weighted by atomic mass is 35.5. The molecule has 1 N–H and O–H groups in total. The van der Waals surface area contributed by atoms with Crippen molar-refractivity contribution in [2.24, 2.45) is 0 Å². The van der Waals surface area contributed by atoms with Crippen LogP contribution in [0, 0.1) is 0 Å². The van der Waals surface area contributed by atoms with Crippen LogP contribution in [-0.2, 0) is 17.9 Å². The van der Waals surface area contributed by atoms with Crippen LogP contribution in [0.4, 0.5) is 11.5 Å². The van der Waals surface area contributed by atoms with Gasteiger partial charge in [-0.2, -0.15) is 0 Å². The van der Waals surface area contributed by atoms with Crippen molar-refractivity contribution in [3.8, 4) is 0 Å². The van der Waals surface area contributed by atoms with Crippen molar-refractivity contribution >= 4 is 39.9 Å². The second-order valence-electron chi connectivity index (χ2n) is 5.57. The Morgan fingerprint density at radius 2 is 2.08 bits per heavy atom. The zero-order chi connectivity index (χ0) is 16.5. The number of carbonyl (C=O) groups excluding carboxylic acids is 1. The Bertz CT molecular complexity index is 930. The van der Waals surface area contributed by atoms with E-state index in [2.05, 4.69) is 20.3 Å². The summed E-state index contributed by atoms with van der Waals surface area (Å²) in [6.45, 7) is 0.930. The fourth-order valence-electron chi connectivity index (χ4n) is 2.82. The first kappa shape index (κ1) is 14.8. The zero-order valence-corrected chi connectivity index (χ0v) is 13.5. The quantitative estimate of drug-likeness (QED) is 0.743. The van der Waals surface area contributed by atoms with Gasteiger partial charge >= 0.3 is 0 Å². The maximum absolute atomic E-state index is 11.8. The van der Waals surface area contributed by atoms with Gasteiger partial charge in [0, 0.05) is 10.9 Å². The summed E-state index contributed by atoms with van der Waals surface area (Å²) in [5.41, 5.74) is 3.55. The van der Waals surface area contributed by atoms with E-state index in [0.717, 1.165) is 27.8 Å². The van der Waals surface area contributed by atoms with Crippen LogP contribution in [0.2, 0.25) is 0 Å². The van der Waals surface area contributed by atoms with E-state index in [4.69, 9.17) is 11.6 Å². The lowest BCUT2D eigenvalue weighted by Gasteiger charge is -2.13. The number of nitrogens with zero attached hydrogens (tertiary/aromatic N) is 4. The molecule has 0 bridgehead atoms. The van der Waals surface area contributed by atoms with Crippen molar-refractivity contribution in [3.05, 3.63) is 54.1 Å². The number of hydrogen-bond acceptors (Lipinski definition) is 5. The van der Waals surface area contributed by atoms with E-state index in [1.165, 1.54) is 6.33 Å². The van der Waals surface area contributed by atoms with E-state index in [1.807, 2.05) is 30.3 Å². The molecular weight excluding hydrogens is 326 g/mol. The first-order valence-electron chi connectivity index (χ1n) is 7.53. The van der Waals surface area contributed by atoms with Gasteiger partial charge in [0.2, 0.25) is 5.91 Å². The third-order valence-electron chi connectivity index (χ3n) is 4.04. The third kappa shape index (κ3) is 2.65. The van der Waals surface area contributed by atoms with Gasteiger partial charge in [-0.25, -0.2) is 9.97 Å². The fourth-order valence-corrected chi connectivity index (χ4v) is 2.99. The molecule has 2 aromatic heterocycles. The van der Waals surface area contributed by atoms with Gasteiger partial charge < -0.3 is 10.2 Å². The Hall–Kier alpha value is -2.73. The van der Waals surface area contributed by atoms with E-state index < -0.39 is 0 Å². The van der Waals surface area contributed by atoms with Crippen LogP contribution in [0.25, 0.3) is 10.9 Å². The lowest BCUT2D eigenvalue weighted by atomic mass is 10.2. The fraction of sp³-hybridized carbons (Fsp3) is 0.176. The topological polar surface area (TPSA) is 71.0 Å². The lowest BCUT2D eigenvalue weighted by Crippen LogP contribution is -2.26. The number of alkyl halides is 1. The average Bonchev–Trinajstić information content (AvgIpc) is 3.06. The summed E-state index contributed by atoms with van der Waals surface area (Å²) in [7, 11) is 0. The molecule has 0 spiro atoms. The van der Waals surface area contributed by atoms with Crippen molar-refractivity contribution in [2.75, 3.05) is 11.2 Å². The van der Waals surface area contributed by atoms with Crippen molar-refractivity contribution in [1.29, 1.82) is 0 Å². The molecule has 1 aliphatic heterocycles. The van der Waals surface area contributed by atoms with Gasteiger partial charge in [0.1, 0.15) is 18.0 Å². The lowest BCUT2D eigenvalue weighted by molar-refractivity contribution is -0.129. The minimum atomic E-state index is -0.104. The molecule has 6 nitrogen and oxygen atoms in total. The molecule has 0 atom stereocenters. The maximum Gasteiger partial charge on any atom is 0.238 e. The Morgan fingerprint density at radius 3 is 2.96 bits per heavy atom. The normalized spacial score (nSPS) is 13.1. The Morgan fingerprint density at radius 1 is 1.21 bits per heavy atom. The number of hydrogen-bond donors (Lipinski definition) is 1. The van der Waals surface area contributed by atoms with Crippen molar-refractivity contribution < 1.29 is 4.79 Å². The molecule has 120 valence electrons. The number of pyridine rings is 1. The number of benzene rings is 1. The molecule has 1 amide bonds. The second kappa shape index (κ2) is 6.05. The summed E-state index contributed by atoms with van der Waals surface area (Å²) in [6.07, 6.45) is 3.28. The molecule has 0 radical (unpaired) electrons.